The van der Waals surface area contributed by atoms with E-state index < -0.39 is 31.4 Å². The number of carbonyl (C=O) groups excluding carboxylic acids is 1. The number of hydrogen-bond acceptors (Lipinski definition) is 10. The second-order valence-electron chi connectivity index (χ2n) is 8.45. The fourth-order valence-corrected chi connectivity index (χ4v) is 4.33. The van der Waals surface area contributed by atoms with Crippen LogP contribution in [0.15, 0.2) is 71.6 Å². The third kappa shape index (κ3) is 10.3. The van der Waals surface area contributed by atoms with Gasteiger partial charge in [0.2, 0.25) is 5.95 Å². The number of ether oxygens (including phenoxy) is 1. The van der Waals surface area contributed by atoms with Crippen molar-refractivity contribution in [3.8, 4) is 16.9 Å². The number of anilines is 2. The van der Waals surface area contributed by atoms with Crippen molar-refractivity contribution in [3.63, 3.8) is 0 Å². The Morgan fingerprint density at radius 3 is 2.19 bits per heavy atom. The fourth-order valence-electron chi connectivity index (χ4n) is 3.57. The molecule has 7 N–H and O–H groups in total. The zero-order chi connectivity index (χ0) is 31.9. The van der Waals surface area contributed by atoms with Gasteiger partial charge in [0.15, 0.2) is 0 Å². The Hall–Kier alpha value is -4.06. The monoisotopic (exact) mass is 673 g/mol. The van der Waals surface area contributed by atoms with E-state index in [1.54, 1.807) is 42.5 Å². The van der Waals surface area contributed by atoms with Crippen molar-refractivity contribution in [3.05, 3.63) is 93.6 Å². The predicted octanol–water partition coefficient (Wildman–Crippen LogP) is 4.13. The van der Waals surface area contributed by atoms with Crippen LogP contribution in [0.25, 0.3) is 11.1 Å². The van der Waals surface area contributed by atoms with E-state index in [0.717, 1.165) is 17.7 Å². The lowest BCUT2D eigenvalue weighted by Crippen LogP contribution is -2.22. The number of carbonyl (C=O) groups is 1. The highest BCUT2D eigenvalue weighted by molar-refractivity contribution is 7.86. The first kappa shape index (κ1) is 33.4. The summed E-state index contributed by atoms with van der Waals surface area (Å²) in [6, 6.07) is 16.5. The number of rotatable bonds is 8. The SMILES string of the molecule is Nc1nc(N)c(-c2ccc(Cl)c(Cl)c2)c(COc2cccc(CNC(=O)c3ccc(S(=O)(=O)F)cc3)c2)n1.O=S(=O)(O)O. The molecular formula is C25H22Cl2FN5O8S2. The largest absolute Gasteiger partial charge is 0.487 e. The average molecular weight is 675 g/mol. The molecule has 0 aliphatic heterocycles. The molecule has 0 saturated heterocycles. The Kier molecular flexibility index (Phi) is 10.8. The van der Waals surface area contributed by atoms with Crippen molar-refractivity contribution in [2.24, 2.45) is 0 Å². The van der Waals surface area contributed by atoms with Gasteiger partial charge >= 0.3 is 20.6 Å². The molecule has 0 atom stereocenters. The molecule has 18 heteroatoms. The number of nitrogens with two attached hydrogens (primary N) is 2. The first-order chi connectivity index (χ1) is 20.0. The summed E-state index contributed by atoms with van der Waals surface area (Å²) >= 11 is 12.2. The van der Waals surface area contributed by atoms with Crippen LogP contribution in [0.5, 0.6) is 5.75 Å². The maximum atomic E-state index is 13.0. The summed E-state index contributed by atoms with van der Waals surface area (Å²) in [6.45, 7) is 0.160. The molecule has 4 aromatic rings. The Bertz CT molecular complexity index is 1850. The molecule has 3 aromatic carbocycles. The highest BCUT2D eigenvalue weighted by Crippen LogP contribution is 2.33. The molecule has 1 amide bonds. The van der Waals surface area contributed by atoms with Gasteiger partial charge in [-0.05, 0) is 59.7 Å². The first-order valence-electron chi connectivity index (χ1n) is 11.6. The van der Waals surface area contributed by atoms with E-state index in [4.69, 9.17) is 56.9 Å². The molecule has 0 radical (unpaired) electrons. The van der Waals surface area contributed by atoms with Gasteiger partial charge in [0.1, 0.15) is 18.2 Å². The van der Waals surface area contributed by atoms with Gasteiger partial charge in [0.25, 0.3) is 5.91 Å². The van der Waals surface area contributed by atoms with E-state index in [1.165, 1.54) is 12.1 Å². The molecule has 0 fully saturated rings. The number of benzene rings is 3. The Morgan fingerprint density at radius 1 is 0.930 bits per heavy atom. The van der Waals surface area contributed by atoms with Crippen LogP contribution in [0.1, 0.15) is 21.6 Å². The van der Waals surface area contributed by atoms with Crippen molar-refractivity contribution in [2.45, 2.75) is 18.0 Å². The number of nitrogen functional groups attached to an aromatic ring is 2. The van der Waals surface area contributed by atoms with E-state index >= 15 is 0 Å². The topological polar surface area (TPSA) is 225 Å². The Morgan fingerprint density at radius 2 is 1.58 bits per heavy atom. The molecule has 4 rings (SSSR count). The van der Waals surface area contributed by atoms with E-state index in [-0.39, 0.29) is 30.5 Å². The van der Waals surface area contributed by atoms with Crippen molar-refractivity contribution in [1.29, 1.82) is 0 Å². The average Bonchev–Trinajstić information content (AvgIpc) is 2.91. The molecule has 0 unspecified atom stereocenters. The van der Waals surface area contributed by atoms with Crippen LogP contribution in [0.4, 0.5) is 15.7 Å². The van der Waals surface area contributed by atoms with Crippen molar-refractivity contribution in [1.82, 2.24) is 15.3 Å². The minimum absolute atomic E-state index is 0.00609. The van der Waals surface area contributed by atoms with Crippen LogP contribution in [0, 0.1) is 0 Å². The van der Waals surface area contributed by atoms with E-state index in [0.29, 0.717) is 32.6 Å². The van der Waals surface area contributed by atoms with E-state index in [9.17, 15) is 17.1 Å². The second-order valence-corrected chi connectivity index (χ2v) is 11.5. The summed E-state index contributed by atoms with van der Waals surface area (Å²) in [5.74, 6) is 0.170. The highest BCUT2D eigenvalue weighted by Gasteiger charge is 2.16. The number of amides is 1. The summed E-state index contributed by atoms with van der Waals surface area (Å²) in [7, 11) is -9.50. The molecule has 1 heterocycles. The highest BCUT2D eigenvalue weighted by atomic mass is 35.5. The number of nitrogens with zero attached hydrogens (tertiary/aromatic N) is 2. The third-order valence-electron chi connectivity index (χ3n) is 5.36. The van der Waals surface area contributed by atoms with Crippen LogP contribution in [-0.2, 0) is 33.8 Å². The van der Waals surface area contributed by atoms with Gasteiger partial charge in [-0.1, -0.05) is 41.4 Å². The minimum Gasteiger partial charge on any atom is -0.487 e. The molecule has 43 heavy (non-hydrogen) atoms. The fraction of sp³-hybridized carbons (Fsp3) is 0.0800. The van der Waals surface area contributed by atoms with Gasteiger partial charge in [-0.15, -0.1) is 3.89 Å². The van der Waals surface area contributed by atoms with Gasteiger partial charge in [-0.25, -0.2) is 4.98 Å². The van der Waals surface area contributed by atoms with Crippen molar-refractivity contribution < 1.29 is 39.4 Å². The maximum Gasteiger partial charge on any atom is 0.394 e. The van der Waals surface area contributed by atoms with Crippen LogP contribution in [0.2, 0.25) is 10.0 Å². The van der Waals surface area contributed by atoms with Crippen LogP contribution in [-0.4, -0.2) is 41.8 Å². The van der Waals surface area contributed by atoms with Gasteiger partial charge < -0.3 is 21.5 Å². The zero-order valence-corrected chi connectivity index (χ0v) is 24.8. The van der Waals surface area contributed by atoms with E-state index in [2.05, 4.69) is 15.3 Å². The van der Waals surface area contributed by atoms with Crippen molar-refractivity contribution in [2.75, 3.05) is 11.5 Å². The maximum absolute atomic E-state index is 13.0. The van der Waals surface area contributed by atoms with Gasteiger partial charge in [-0.3, -0.25) is 13.9 Å². The lowest BCUT2D eigenvalue weighted by Gasteiger charge is -2.14. The summed E-state index contributed by atoms with van der Waals surface area (Å²) < 4.78 is 72.4. The minimum atomic E-state index is -4.84. The van der Waals surface area contributed by atoms with Crippen LogP contribution < -0.4 is 21.5 Å². The molecular weight excluding hydrogens is 652 g/mol. The number of nitrogens with one attached hydrogen (secondary N) is 1. The smallest absolute Gasteiger partial charge is 0.394 e. The molecule has 0 aliphatic carbocycles. The summed E-state index contributed by atoms with van der Waals surface area (Å²) in [6.07, 6.45) is 0. The molecule has 1 aromatic heterocycles. The van der Waals surface area contributed by atoms with Crippen LogP contribution >= 0.6 is 23.2 Å². The Labute approximate surface area is 255 Å². The number of hydrogen-bond donors (Lipinski definition) is 5. The summed E-state index contributed by atoms with van der Waals surface area (Å²) in [4.78, 5) is 20.2. The van der Waals surface area contributed by atoms with Crippen molar-refractivity contribution >= 4 is 61.5 Å². The molecule has 228 valence electrons. The normalized spacial score (nSPS) is 11.3. The third-order valence-corrected chi connectivity index (χ3v) is 6.94. The number of halogens is 3. The molecule has 0 bridgehead atoms. The van der Waals surface area contributed by atoms with Crippen LogP contribution in [0.3, 0.4) is 0 Å². The van der Waals surface area contributed by atoms with Gasteiger partial charge in [0, 0.05) is 17.7 Å². The summed E-state index contributed by atoms with van der Waals surface area (Å²) in [5.41, 5.74) is 14.4. The number of aromatic nitrogens is 2. The standard InChI is InChI=1S/C25H20Cl2FN5O4S.H2O4S/c26-19-9-6-16(11-20(19)27)22-21(32-25(30)33-23(22)29)13-37-17-3-1-2-14(10-17)12-31-24(34)15-4-7-18(8-5-15)38(28,35)36;1-5(2,3)4/h1-11H,12-13H2,(H,31,34)(H4,29,30,32,33);(H2,1,2,3,4). The van der Waals surface area contributed by atoms with E-state index in [1.807, 2.05) is 0 Å². The first-order valence-corrected chi connectivity index (χ1v) is 15.2. The molecule has 13 nitrogen and oxygen atoms in total. The Balaban J connectivity index is 0.000000934. The predicted molar refractivity (Wildman–Crippen MR) is 157 cm³/mol. The molecule has 0 spiro atoms. The lowest BCUT2D eigenvalue weighted by molar-refractivity contribution is 0.0950. The quantitative estimate of drug-likeness (QED) is 0.131. The lowest BCUT2D eigenvalue weighted by atomic mass is 10.0. The van der Waals surface area contributed by atoms with Gasteiger partial charge in [0.05, 0.1) is 20.6 Å². The molecule has 0 saturated carbocycles. The van der Waals surface area contributed by atoms with Gasteiger partial charge in [-0.2, -0.15) is 21.8 Å². The summed E-state index contributed by atoms with van der Waals surface area (Å²) in [5, 5.41) is 3.44. The molecule has 0 aliphatic rings. The second kappa shape index (κ2) is 13.9. The zero-order valence-electron chi connectivity index (χ0n) is 21.6.